The summed E-state index contributed by atoms with van der Waals surface area (Å²) in [5.41, 5.74) is 3.36. The van der Waals surface area contributed by atoms with E-state index in [0.29, 0.717) is 12.0 Å². The number of fused-ring (bicyclic) bond motifs is 2. The van der Waals surface area contributed by atoms with Gasteiger partial charge in [-0.1, -0.05) is 24.6 Å². The average molecular weight is 339 g/mol. The summed E-state index contributed by atoms with van der Waals surface area (Å²) >= 11 is 0. The summed E-state index contributed by atoms with van der Waals surface area (Å²) in [7, 11) is 0. The first-order valence-electron chi connectivity index (χ1n) is 8.95. The minimum Gasteiger partial charge on any atom is -0.460 e. The molecular weight excluding hydrogens is 318 g/mol. The zero-order valence-corrected chi connectivity index (χ0v) is 14.3. The molecule has 2 aliphatic rings. The largest absolute Gasteiger partial charge is 0.460 e. The number of aromatic nitrogens is 1. The van der Waals surface area contributed by atoms with Crippen LogP contribution in [0.4, 0.5) is 0 Å². The first-order chi connectivity index (χ1) is 12.1. The third kappa shape index (κ3) is 2.99. The number of carbonyl (C=O) groups excluding carboxylic acids is 2. The molecule has 1 saturated heterocycles. The number of hydrogen-bond donors (Lipinski definition) is 0. The molecule has 2 atom stereocenters. The molecule has 0 saturated carbocycles. The van der Waals surface area contributed by atoms with Crippen molar-refractivity contribution in [1.29, 1.82) is 0 Å². The Morgan fingerprint density at radius 2 is 2.00 bits per heavy atom. The molecule has 0 unspecified atom stereocenters. The third-order valence-corrected chi connectivity index (χ3v) is 5.00. The quantitative estimate of drug-likeness (QED) is 0.620. The van der Waals surface area contributed by atoms with Crippen molar-refractivity contribution in [3.63, 3.8) is 0 Å². The van der Waals surface area contributed by atoms with Gasteiger partial charge in [0.15, 0.2) is 0 Å². The smallest absolute Gasteiger partial charge is 0.347 e. The van der Waals surface area contributed by atoms with Gasteiger partial charge in [-0.3, -0.25) is 4.98 Å². The van der Waals surface area contributed by atoms with Crippen LogP contribution in [0.3, 0.4) is 0 Å². The van der Waals surface area contributed by atoms with Crippen molar-refractivity contribution >= 4 is 22.8 Å². The Morgan fingerprint density at radius 3 is 2.80 bits per heavy atom. The first kappa shape index (κ1) is 16.1. The predicted octanol–water partition coefficient (Wildman–Crippen LogP) is 3.36. The highest BCUT2D eigenvalue weighted by Crippen LogP contribution is 2.30. The minimum absolute atomic E-state index is 0.211. The highest BCUT2D eigenvalue weighted by Gasteiger charge is 2.36. The summed E-state index contributed by atoms with van der Waals surface area (Å²) in [6, 6.07) is 7.64. The fourth-order valence-corrected chi connectivity index (χ4v) is 3.79. The Hall–Kier alpha value is -2.43. The fourth-order valence-electron chi connectivity index (χ4n) is 3.79. The molecule has 4 rings (SSSR count). The molecule has 1 aliphatic heterocycles. The van der Waals surface area contributed by atoms with Crippen LogP contribution in [-0.4, -0.2) is 29.1 Å². The lowest BCUT2D eigenvalue weighted by Crippen LogP contribution is -2.24. The van der Waals surface area contributed by atoms with Crippen molar-refractivity contribution in [2.45, 2.75) is 57.7 Å². The lowest BCUT2D eigenvalue weighted by Gasteiger charge is -2.16. The summed E-state index contributed by atoms with van der Waals surface area (Å²) < 4.78 is 10.7. The number of ether oxygens (including phenoxy) is 2. The molecule has 0 N–H and O–H groups in total. The van der Waals surface area contributed by atoms with Crippen LogP contribution >= 0.6 is 0 Å². The second-order valence-electron chi connectivity index (χ2n) is 6.87. The van der Waals surface area contributed by atoms with E-state index in [-0.39, 0.29) is 6.10 Å². The van der Waals surface area contributed by atoms with Crippen molar-refractivity contribution < 1.29 is 19.1 Å². The van der Waals surface area contributed by atoms with Crippen LogP contribution in [0.5, 0.6) is 0 Å². The number of pyridine rings is 1. The molecular formula is C20H21NO4. The number of aryl methyl sites for hydroxylation is 1. The summed E-state index contributed by atoms with van der Waals surface area (Å²) in [6.07, 6.45) is 4.34. The highest BCUT2D eigenvalue weighted by atomic mass is 16.6. The average Bonchev–Trinajstić information content (AvgIpc) is 2.78. The maximum absolute atomic E-state index is 13.0. The Labute approximate surface area is 146 Å². The van der Waals surface area contributed by atoms with Gasteiger partial charge in [-0.25, -0.2) is 9.59 Å². The minimum atomic E-state index is -0.809. The van der Waals surface area contributed by atoms with Gasteiger partial charge in [-0.15, -0.1) is 0 Å². The van der Waals surface area contributed by atoms with Gasteiger partial charge in [0.05, 0.1) is 11.1 Å². The number of nitrogens with zero attached hydrogens (tertiary/aromatic N) is 1. The number of para-hydroxylation sites is 1. The molecule has 0 spiro atoms. The Morgan fingerprint density at radius 1 is 1.20 bits per heavy atom. The van der Waals surface area contributed by atoms with Gasteiger partial charge in [-0.2, -0.15) is 0 Å². The van der Waals surface area contributed by atoms with Crippen molar-refractivity contribution in [2.24, 2.45) is 0 Å². The normalized spacial score (nSPS) is 23.0. The van der Waals surface area contributed by atoms with Crippen molar-refractivity contribution in [1.82, 2.24) is 4.98 Å². The predicted molar refractivity (Wildman–Crippen MR) is 92.4 cm³/mol. The van der Waals surface area contributed by atoms with Gasteiger partial charge < -0.3 is 9.47 Å². The van der Waals surface area contributed by atoms with Crippen molar-refractivity contribution in [2.75, 3.05) is 0 Å². The Kier molecular flexibility index (Phi) is 4.15. The highest BCUT2D eigenvalue weighted by molar-refractivity contribution is 6.05. The second-order valence-corrected chi connectivity index (χ2v) is 6.87. The molecule has 2 aromatic rings. The molecule has 5 heteroatoms. The number of esters is 2. The summed E-state index contributed by atoms with van der Waals surface area (Å²) in [4.78, 5) is 29.6. The zero-order valence-electron chi connectivity index (χ0n) is 14.3. The molecule has 0 bridgehead atoms. The van der Waals surface area contributed by atoms with Crippen LogP contribution in [0.1, 0.15) is 54.2 Å². The molecule has 1 aromatic carbocycles. The zero-order chi connectivity index (χ0) is 17.4. The van der Waals surface area contributed by atoms with Crippen LogP contribution in [0.2, 0.25) is 0 Å². The third-order valence-electron chi connectivity index (χ3n) is 5.00. The van der Waals surface area contributed by atoms with Crippen LogP contribution in [-0.2, 0) is 27.1 Å². The number of rotatable bonds is 2. The van der Waals surface area contributed by atoms with Crippen LogP contribution in [0, 0.1) is 0 Å². The molecule has 1 aromatic heterocycles. The van der Waals surface area contributed by atoms with E-state index in [9.17, 15) is 9.59 Å². The standard InChI is InChI=1S/C20H21NO4/c1-12-11-17(19(22)24-12)25-20(23)18-13-7-3-2-4-9-15(13)21-16-10-6-5-8-14(16)18/h5-6,8,10,12,17H,2-4,7,9,11H2,1H3/t12-,17+/m0/s1. The molecule has 1 fully saturated rings. The molecule has 0 amide bonds. The van der Waals surface area contributed by atoms with Gasteiger partial charge in [0.2, 0.25) is 6.10 Å². The molecule has 2 heterocycles. The second kappa shape index (κ2) is 6.47. The molecule has 5 nitrogen and oxygen atoms in total. The topological polar surface area (TPSA) is 65.5 Å². The van der Waals surface area contributed by atoms with Crippen molar-refractivity contribution in [3.8, 4) is 0 Å². The first-order valence-corrected chi connectivity index (χ1v) is 8.95. The Bertz CT molecular complexity index is 845. The molecule has 25 heavy (non-hydrogen) atoms. The van der Waals surface area contributed by atoms with E-state index in [1.54, 1.807) is 6.92 Å². The summed E-state index contributed by atoms with van der Waals surface area (Å²) in [6.45, 7) is 1.81. The van der Waals surface area contributed by atoms with Crippen molar-refractivity contribution in [3.05, 3.63) is 41.1 Å². The molecule has 0 radical (unpaired) electrons. The van der Waals surface area contributed by atoms with E-state index >= 15 is 0 Å². The van der Waals surface area contributed by atoms with E-state index < -0.39 is 18.0 Å². The molecule has 1 aliphatic carbocycles. The van der Waals surface area contributed by atoms with Gasteiger partial charge in [0.1, 0.15) is 6.10 Å². The van der Waals surface area contributed by atoms with Gasteiger partial charge in [0, 0.05) is 17.5 Å². The van der Waals surface area contributed by atoms with E-state index in [4.69, 9.17) is 14.5 Å². The van der Waals surface area contributed by atoms with E-state index in [0.717, 1.165) is 54.3 Å². The Balaban J connectivity index is 1.78. The molecule has 130 valence electrons. The number of carbonyl (C=O) groups is 2. The van der Waals surface area contributed by atoms with Crippen LogP contribution < -0.4 is 0 Å². The van der Waals surface area contributed by atoms with Gasteiger partial charge in [0.25, 0.3) is 0 Å². The van der Waals surface area contributed by atoms with E-state index in [1.165, 1.54) is 0 Å². The van der Waals surface area contributed by atoms with E-state index in [2.05, 4.69) is 0 Å². The fraction of sp³-hybridized carbons (Fsp3) is 0.450. The van der Waals surface area contributed by atoms with Gasteiger partial charge in [-0.05, 0) is 44.2 Å². The van der Waals surface area contributed by atoms with E-state index in [1.807, 2.05) is 24.3 Å². The number of cyclic esters (lactones) is 1. The summed E-state index contributed by atoms with van der Waals surface area (Å²) in [5, 5.41) is 0.799. The summed E-state index contributed by atoms with van der Waals surface area (Å²) in [5.74, 6) is -0.891. The number of hydrogen-bond acceptors (Lipinski definition) is 5. The van der Waals surface area contributed by atoms with Gasteiger partial charge >= 0.3 is 11.9 Å². The maximum atomic E-state index is 13.0. The maximum Gasteiger partial charge on any atom is 0.347 e. The van der Waals surface area contributed by atoms with Crippen LogP contribution in [0.25, 0.3) is 10.9 Å². The monoisotopic (exact) mass is 339 g/mol. The lowest BCUT2D eigenvalue weighted by atomic mass is 9.97. The lowest BCUT2D eigenvalue weighted by molar-refractivity contribution is -0.147. The number of benzene rings is 1. The van der Waals surface area contributed by atoms with Crippen LogP contribution in [0.15, 0.2) is 24.3 Å². The SMILES string of the molecule is C[C@H]1C[C@@H](OC(=O)c2c3c(nc4ccccc24)CCCCC3)C(=O)O1.